The number of phenolic OH excluding ortho intramolecular Hbond substituents is 1. The van der Waals surface area contributed by atoms with Gasteiger partial charge in [0.15, 0.2) is 0 Å². The Hall–Kier alpha value is -1.18. The molecule has 0 radical (unpaired) electrons. The molecule has 152 valence electrons. The summed E-state index contributed by atoms with van der Waals surface area (Å²) in [5.41, 5.74) is 1.26. The number of hydrogen-bond acceptors (Lipinski definition) is 6. The Morgan fingerprint density at radius 2 is 1.33 bits per heavy atom. The maximum Gasteiger partial charge on any atom is 0.115 e. The van der Waals surface area contributed by atoms with Crippen molar-refractivity contribution >= 4 is 0 Å². The molecule has 0 bridgehead atoms. The maximum atomic E-state index is 9.52. The zero-order valence-corrected chi connectivity index (χ0v) is 16.5. The molecule has 2 aliphatic rings. The summed E-state index contributed by atoms with van der Waals surface area (Å²) in [6, 6.07) is 9.16. The second kappa shape index (κ2) is 11.6. The SMILES string of the molecule is Oc1ccc(C[C@H]2CNC3CCCCC3NCCNCCNCCN2)cc1. The first kappa shape index (κ1) is 20.6. The van der Waals surface area contributed by atoms with Crippen molar-refractivity contribution in [2.45, 2.75) is 50.2 Å². The molecule has 1 aromatic carbocycles. The Balaban J connectivity index is 1.59. The molecule has 1 heterocycles. The lowest BCUT2D eigenvalue weighted by Gasteiger charge is -2.34. The van der Waals surface area contributed by atoms with Crippen LogP contribution in [0.2, 0.25) is 0 Å². The van der Waals surface area contributed by atoms with Gasteiger partial charge in [0.2, 0.25) is 0 Å². The van der Waals surface area contributed by atoms with Crippen LogP contribution in [-0.4, -0.2) is 69.0 Å². The van der Waals surface area contributed by atoms with E-state index in [9.17, 15) is 5.11 Å². The fourth-order valence-electron chi connectivity index (χ4n) is 4.18. The van der Waals surface area contributed by atoms with Crippen molar-refractivity contribution in [3.63, 3.8) is 0 Å². The monoisotopic (exact) mass is 375 g/mol. The first-order chi connectivity index (χ1) is 13.3. The van der Waals surface area contributed by atoms with Crippen molar-refractivity contribution < 1.29 is 5.11 Å². The summed E-state index contributed by atoms with van der Waals surface area (Å²) >= 11 is 0. The quantitative estimate of drug-likeness (QED) is 0.454. The van der Waals surface area contributed by atoms with E-state index in [1.807, 2.05) is 12.1 Å². The van der Waals surface area contributed by atoms with Gasteiger partial charge >= 0.3 is 0 Å². The van der Waals surface area contributed by atoms with E-state index in [0.29, 0.717) is 23.9 Å². The minimum Gasteiger partial charge on any atom is -0.508 e. The summed E-state index contributed by atoms with van der Waals surface area (Å²) in [5.74, 6) is 0.334. The topological polar surface area (TPSA) is 80.4 Å². The van der Waals surface area contributed by atoms with Gasteiger partial charge in [0.05, 0.1) is 0 Å². The van der Waals surface area contributed by atoms with Gasteiger partial charge in [0.25, 0.3) is 0 Å². The predicted octanol–water partition coefficient (Wildman–Crippen LogP) is 0.576. The molecular formula is C21H37N5O. The zero-order valence-electron chi connectivity index (χ0n) is 16.5. The van der Waals surface area contributed by atoms with Gasteiger partial charge in [-0.2, -0.15) is 0 Å². The molecule has 3 atom stereocenters. The van der Waals surface area contributed by atoms with Gasteiger partial charge in [-0.3, -0.25) is 0 Å². The van der Waals surface area contributed by atoms with Crippen molar-refractivity contribution in [1.29, 1.82) is 0 Å². The molecular weight excluding hydrogens is 338 g/mol. The average Bonchev–Trinajstić information content (AvgIpc) is 2.70. The number of aromatic hydroxyl groups is 1. The van der Waals surface area contributed by atoms with Crippen molar-refractivity contribution in [3.05, 3.63) is 29.8 Å². The van der Waals surface area contributed by atoms with Crippen LogP contribution in [0, 0.1) is 0 Å². The largest absolute Gasteiger partial charge is 0.508 e. The summed E-state index contributed by atoms with van der Waals surface area (Å²) in [6.07, 6.45) is 6.17. The summed E-state index contributed by atoms with van der Waals surface area (Å²) in [4.78, 5) is 0. The molecule has 1 saturated carbocycles. The number of fused-ring (bicyclic) bond motifs is 1. The molecule has 1 aliphatic heterocycles. The van der Waals surface area contributed by atoms with Crippen molar-refractivity contribution in [2.75, 3.05) is 45.8 Å². The smallest absolute Gasteiger partial charge is 0.115 e. The third-order valence-electron chi connectivity index (χ3n) is 5.73. The third kappa shape index (κ3) is 7.39. The van der Waals surface area contributed by atoms with E-state index >= 15 is 0 Å². The van der Waals surface area contributed by atoms with Crippen molar-refractivity contribution in [3.8, 4) is 5.75 Å². The summed E-state index contributed by atoms with van der Waals surface area (Å²) in [7, 11) is 0. The zero-order chi connectivity index (χ0) is 18.7. The van der Waals surface area contributed by atoms with Gasteiger partial charge in [-0.05, 0) is 37.0 Å². The maximum absolute atomic E-state index is 9.52. The standard InChI is InChI=1S/C21H37N5O/c27-19-7-5-17(6-8-19)15-18-16-26-21-4-2-1-3-20(21)25-14-12-23-10-9-22-11-13-24-18/h5-8,18,20-27H,1-4,9-16H2/t18-,20?,21?/m0/s1. The molecule has 1 saturated heterocycles. The highest BCUT2D eigenvalue weighted by molar-refractivity contribution is 5.26. The van der Waals surface area contributed by atoms with E-state index in [-0.39, 0.29) is 0 Å². The van der Waals surface area contributed by atoms with Crippen molar-refractivity contribution in [1.82, 2.24) is 26.6 Å². The summed E-state index contributed by atoms with van der Waals surface area (Å²) < 4.78 is 0. The second-order valence-electron chi connectivity index (χ2n) is 7.88. The fourth-order valence-corrected chi connectivity index (χ4v) is 4.18. The third-order valence-corrected chi connectivity index (χ3v) is 5.73. The lowest BCUT2D eigenvalue weighted by molar-refractivity contribution is 0.275. The van der Waals surface area contributed by atoms with Crippen LogP contribution in [0.4, 0.5) is 0 Å². The van der Waals surface area contributed by atoms with Crippen LogP contribution in [0.5, 0.6) is 5.75 Å². The number of phenols is 1. The minimum atomic E-state index is 0.334. The number of rotatable bonds is 2. The Morgan fingerprint density at radius 1 is 0.741 bits per heavy atom. The van der Waals surface area contributed by atoms with E-state index in [1.165, 1.54) is 31.2 Å². The second-order valence-corrected chi connectivity index (χ2v) is 7.88. The van der Waals surface area contributed by atoms with Crippen LogP contribution >= 0.6 is 0 Å². The van der Waals surface area contributed by atoms with E-state index in [1.54, 1.807) is 12.1 Å². The first-order valence-electron chi connectivity index (χ1n) is 10.7. The Labute approximate surface area is 163 Å². The molecule has 0 aromatic heterocycles. The van der Waals surface area contributed by atoms with E-state index in [2.05, 4.69) is 26.6 Å². The fraction of sp³-hybridized carbons (Fsp3) is 0.714. The Kier molecular flexibility index (Phi) is 8.84. The van der Waals surface area contributed by atoms with Crippen LogP contribution in [0.25, 0.3) is 0 Å². The molecule has 0 amide bonds. The Morgan fingerprint density at radius 3 is 2.04 bits per heavy atom. The average molecular weight is 376 g/mol. The lowest BCUT2D eigenvalue weighted by Crippen LogP contribution is -2.54. The molecule has 1 aromatic rings. The highest BCUT2D eigenvalue weighted by atomic mass is 16.3. The lowest BCUT2D eigenvalue weighted by atomic mass is 9.90. The van der Waals surface area contributed by atoms with Gasteiger partial charge in [0.1, 0.15) is 5.75 Å². The molecule has 3 rings (SSSR count). The van der Waals surface area contributed by atoms with Gasteiger partial charge in [-0.1, -0.05) is 25.0 Å². The van der Waals surface area contributed by atoms with Crippen molar-refractivity contribution in [2.24, 2.45) is 0 Å². The van der Waals surface area contributed by atoms with Gasteiger partial charge < -0.3 is 31.7 Å². The normalized spacial score (nSPS) is 29.3. The highest BCUT2D eigenvalue weighted by Gasteiger charge is 2.25. The van der Waals surface area contributed by atoms with E-state index in [0.717, 1.165) is 52.2 Å². The van der Waals surface area contributed by atoms with E-state index < -0.39 is 0 Å². The molecule has 0 spiro atoms. The van der Waals surface area contributed by atoms with Gasteiger partial charge in [-0.15, -0.1) is 0 Å². The molecule has 27 heavy (non-hydrogen) atoms. The molecule has 6 N–H and O–H groups in total. The first-order valence-corrected chi connectivity index (χ1v) is 10.7. The number of hydrogen-bond donors (Lipinski definition) is 6. The van der Waals surface area contributed by atoms with Crippen LogP contribution in [0.3, 0.4) is 0 Å². The van der Waals surface area contributed by atoms with Crippen LogP contribution < -0.4 is 26.6 Å². The number of benzene rings is 1. The summed E-state index contributed by atoms with van der Waals surface area (Å²) in [6.45, 7) is 7.03. The number of nitrogens with one attached hydrogen (secondary N) is 5. The van der Waals surface area contributed by atoms with Gasteiger partial charge in [-0.25, -0.2) is 0 Å². The molecule has 6 nitrogen and oxygen atoms in total. The molecule has 6 heteroatoms. The highest BCUT2D eigenvalue weighted by Crippen LogP contribution is 2.19. The summed E-state index contributed by atoms with van der Waals surface area (Å²) in [5, 5.41) is 27.9. The molecule has 1 aliphatic carbocycles. The minimum absolute atomic E-state index is 0.334. The van der Waals surface area contributed by atoms with Crippen LogP contribution in [0.15, 0.2) is 24.3 Å². The van der Waals surface area contributed by atoms with Gasteiger partial charge in [0, 0.05) is 63.9 Å². The molecule has 2 fully saturated rings. The molecule has 2 unspecified atom stereocenters. The predicted molar refractivity (Wildman–Crippen MR) is 111 cm³/mol. The van der Waals surface area contributed by atoms with E-state index in [4.69, 9.17) is 0 Å². The Bertz CT molecular complexity index is 524. The van der Waals surface area contributed by atoms with Crippen LogP contribution in [-0.2, 0) is 6.42 Å². The van der Waals surface area contributed by atoms with Crippen LogP contribution in [0.1, 0.15) is 31.2 Å².